The third kappa shape index (κ3) is 4.64. The second kappa shape index (κ2) is 11.5. The molecule has 6 aromatic rings. The van der Waals surface area contributed by atoms with Crippen molar-refractivity contribution in [2.75, 3.05) is 0 Å². The molecular weight excluding hydrogens is 642 g/mol. The van der Waals surface area contributed by atoms with Crippen molar-refractivity contribution >= 4 is 21.9 Å². The van der Waals surface area contributed by atoms with E-state index in [-0.39, 0.29) is 83.9 Å². The Balaban J connectivity index is 1.40. The number of allylic oxidation sites excluding steroid dienone is 2. The van der Waals surface area contributed by atoms with Gasteiger partial charge >= 0.3 is 0 Å². The van der Waals surface area contributed by atoms with E-state index in [1.54, 1.807) is 54.6 Å². The molecule has 8 rings (SSSR count). The van der Waals surface area contributed by atoms with E-state index in [1.165, 1.54) is 0 Å². The van der Waals surface area contributed by atoms with Gasteiger partial charge in [-0.2, -0.15) is 31.6 Å². The molecule has 51 heavy (non-hydrogen) atoms. The molecule has 2 aliphatic heterocycles. The van der Waals surface area contributed by atoms with Crippen LogP contribution in [0.3, 0.4) is 0 Å². The van der Waals surface area contributed by atoms with Gasteiger partial charge in [-0.05, 0) is 42.5 Å². The Labute approximate surface area is 285 Å². The molecule has 0 N–H and O–H groups in total. The minimum absolute atomic E-state index is 0.0379. The van der Waals surface area contributed by atoms with Crippen LogP contribution in [-0.4, -0.2) is 15.0 Å². The lowest BCUT2D eigenvalue weighted by Gasteiger charge is -2.10. The van der Waals surface area contributed by atoms with Crippen molar-refractivity contribution in [2.45, 2.75) is 0 Å². The molecule has 2 aromatic heterocycles. The first-order chi connectivity index (χ1) is 25.0. The highest BCUT2D eigenvalue weighted by atomic mass is 16.3. The van der Waals surface area contributed by atoms with Crippen molar-refractivity contribution in [3.05, 3.63) is 122 Å². The van der Waals surface area contributed by atoms with E-state index in [0.717, 1.165) is 10.8 Å². The molecular formula is C37H11N13O. The molecule has 0 amide bonds. The van der Waals surface area contributed by atoms with Gasteiger partial charge in [0.25, 0.3) is 0 Å². The quantitative estimate of drug-likeness (QED) is 0.251. The zero-order chi connectivity index (χ0) is 35.2. The lowest BCUT2D eigenvalue weighted by atomic mass is 10.0. The predicted octanol–water partition coefficient (Wildman–Crippen LogP) is 3.54. The summed E-state index contributed by atoms with van der Waals surface area (Å²) in [6.45, 7) is 0. The molecule has 0 saturated carbocycles. The van der Waals surface area contributed by atoms with Crippen LogP contribution in [0.1, 0.15) is 11.1 Å². The van der Waals surface area contributed by atoms with Crippen molar-refractivity contribution in [3.8, 4) is 70.6 Å². The second-order valence-corrected chi connectivity index (χ2v) is 10.8. The van der Waals surface area contributed by atoms with Gasteiger partial charge in [0.15, 0.2) is 40.3 Å². The Morgan fingerprint density at radius 1 is 0.510 bits per heavy atom. The van der Waals surface area contributed by atoms with Crippen molar-refractivity contribution in [3.63, 3.8) is 0 Å². The number of para-hydroxylation sites is 1. The van der Waals surface area contributed by atoms with Crippen LogP contribution in [0.15, 0.2) is 114 Å². The van der Waals surface area contributed by atoms with Crippen LogP contribution in [0, 0.1) is 68.0 Å². The van der Waals surface area contributed by atoms with Crippen molar-refractivity contribution in [2.24, 2.45) is 20.0 Å². The monoisotopic (exact) mass is 653 g/mol. The Morgan fingerprint density at radius 3 is 1.55 bits per heavy atom. The third-order valence-electron chi connectivity index (χ3n) is 8.07. The van der Waals surface area contributed by atoms with Crippen LogP contribution in [0.25, 0.3) is 56.1 Å². The van der Waals surface area contributed by atoms with E-state index in [1.807, 2.05) is 36.4 Å². The fourth-order valence-electron chi connectivity index (χ4n) is 5.74. The number of hydrogen-bond donors (Lipinski definition) is 0. The number of aromatic nitrogens is 3. The maximum Gasteiger partial charge on any atom is 0.182 e. The van der Waals surface area contributed by atoms with E-state index >= 15 is 0 Å². The molecule has 0 fully saturated rings. The number of nitriles is 6. The highest BCUT2D eigenvalue weighted by Gasteiger charge is 2.23. The zero-order valence-electron chi connectivity index (χ0n) is 25.6. The van der Waals surface area contributed by atoms with Gasteiger partial charge in [0, 0.05) is 27.5 Å². The summed E-state index contributed by atoms with van der Waals surface area (Å²) in [5.74, 6) is 0.0546. The molecule has 0 radical (unpaired) electrons. The van der Waals surface area contributed by atoms with E-state index in [0.29, 0.717) is 16.7 Å². The first kappa shape index (κ1) is 29.7. The van der Waals surface area contributed by atoms with Crippen LogP contribution in [0.4, 0.5) is 0 Å². The summed E-state index contributed by atoms with van der Waals surface area (Å²) in [6, 6.07) is 30.7. The highest BCUT2D eigenvalue weighted by Crippen LogP contribution is 2.33. The molecule has 14 heteroatoms. The van der Waals surface area contributed by atoms with Gasteiger partial charge < -0.3 is 4.42 Å². The average Bonchev–Trinajstić information content (AvgIpc) is 3.90. The molecule has 2 aliphatic rings. The highest BCUT2D eigenvalue weighted by molar-refractivity contribution is 6.05. The van der Waals surface area contributed by atoms with E-state index in [2.05, 4.69) is 32.1 Å². The number of furan rings is 1. The maximum atomic E-state index is 10.3. The standard InChI is InChI=1S/C37H11N13O/c38-12-19(13-39)34-44-27-9-7-23(25(16-42)31(27)46-34)36-48-33(18-5-6-22-21-3-1-2-4-29(21)51-30(22)11-18)49-37(50-36)24-8-10-28-32(26(24)17-43)47-35(45-28)20(14-40)15-41/h1-11H. The molecule has 0 atom stereocenters. The summed E-state index contributed by atoms with van der Waals surface area (Å²) in [7, 11) is 0. The molecule has 0 aliphatic carbocycles. The number of fused-ring (bicyclic) bond motifs is 5. The summed E-state index contributed by atoms with van der Waals surface area (Å²) < 4.78 is 6.11. The van der Waals surface area contributed by atoms with Gasteiger partial charge in [0.1, 0.15) is 58.3 Å². The molecule has 4 heterocycles. The smallest absolute Gasteiger partial charge is 0.182 e. The fourth-order valence-corrected chi connectivity index (χ4v) is 5.74. The molecule has 4 aromatic carbocycles. The normalized spacial score (nSPS) is 12.0. The predicted molar refractivity (Wildman–Crippen MR) is 174 cm³/mol. The molecule has 0 bridgehead atoms. The summed E-state index contributed by atoms with van der Waals surface area (Å²) in [5.41, 5.74) is 1.78. The van der Waals surface area contributed by atoms with Crippen LogP contribution in [0.5, 0.6) is 0 Å². The first-order valence-electron chi connectivity index (χ1n) is 14.8. The average molecular weight is 654 g/mol. The first-order valence-corrected chi connectivity index (χ1v) is 14.8. The SMILES string of the molecule is N#CC(C#N)=C1N=c2ccc(-c3nc(-c4ccc5c(c4)oc4ccccc45)nc(-c4ccc5c(c4C#N)=NC(=C(C#N)C#N)N=5)n3)c(C#N)c2=N1. The Kier molecular flexibility index (Phi) is 6.71. The van der Waals surface area contributed by atoms with E-state index < -0.39 is 0 Å². The van der Waals surface area contributed by atoms with Crippen LogP contribution in [-0.2, 0) is 0 Å². The number of hydrogen-bond acceptors (Lipinski definition) is 14. The van der Waals surface area contributed by atoms with Gasteiger partial charge in [-0.15, -0.1) is 0 Å². The van der Waals surface area contributed by atoms with Gasteiger partial charge in [-0.1, -0.05) is 24.3 Å². The van der Waals surface area contributed by atoms with Crippen molar-refractivity contribution < 1.29 is 4.42 Å². The molecule has 14 nitrogen and oxygen atoms in total. The number of rotatable bonds is 3. The number of nitrogens with zero attached hydrogens (tertiary/aromatic N) is 13. The summed E-state index contributed by atoms with van der Waals surface area (Å²) >= 11 is 0. The summed E-state index contributed by atoms with van der Waals surface area (Å²) in [5, 5.41) is 60.8. The van der Waals surface area contributed by atoms with Gasteiger partial charge in [0.2, 0.25) is 0 Å². The minimum Gasteiger partial charge on any atom is -0.456 e. The maximum absolute atomic E-state index is 10.3. The van der Waals surface area contributed by atoms with Crippen molar-refractivity contribution in [1.29, 1.82) is 31.6 Å². The summed E-state index contributed by atoms with van der Waals surface area (Å²) in [6.07, 6.45) is 0. The Hall–Kier alpha value is -8.69. The summed E-state index contributed by atoms with van der Waals surface area (Å²) in [4.78, 5) is 31.4. The lowest BCUT2D eigenvalue weighted by molar-refractivity contribution is 0.669. The third-order valence-corrected chi connectivity index (χ3v) is 8.07. The topological polar surface area (TPSA) is 244 Å². The molecule has 0 spiro atoms. The zero-order valence-corrected chi connectivity index (χ0v) is 25.6. The van der Waals surface area contributed by atoms with E-state index in [9.17, 15) is 31.6 Å². The fraction of sp³-hybridized carbons (Fsp3) is 0. The van der Waals surface area contributed by atoms with Gasteiger partial charge in [0.05, 0.1) is 21.8 Å². The second-order valence-electron chi connectivity index (χ2n) is 10.8. The minimum atomic E-state index is -0.310. The lowest BCUT2D eigenvalue weighted by Crippen LogP contribution is -2.26. The van der Waals surface area contributed by atoms with Crippen molar-refractivity contribution in [1.82, 2.24) is 15.0 Å². The van der Waals surface area contributed by atoms with Gasteiger partial charge in [-0.3, -0.25) is 0 Å². The Morgan fingerprint density at radius 2 is 1.02 bits per heavy atom. The molecule has 0 unspecified atom stereocenters. The largest absolute Gasteiger partial charge is 0.456 e. The number of benzene rings is 4. The molecule has 230 valence electrons. The van der Waals surface area contributed by atoms with Crippen LogP contribution >= 0.6 is 0 Å². The van der Waals surface area contributed by atoms with Crippen LogP contribution in [0.2, 0.25) is 0 Å². The Bertz CT molecular complexity index is 3030. The van der Waals surface area contributed by atoms with E-state index in [4.69, 9.17) is 19.4 Å². The van der Waals surface area contributed by atoms with Gasteiger partial charge in [-0.25, -0.2) is 34.9 Å². The van der Waals surface area contributed by atoms with Crippen LogP contribution < -0.4 is 21.4 Å². The molecule has 0 saturated heterocycles.